The lowest BCUT2D eigenvalue weighted by atomic mass is 9.75. The molecule has 1 aliphatic heterocycles. The number of fused-ring (bicyclic) bond motifs is 2. The molecule has 1 aliphatic carbocycles. The van der Waals surface area contributed by atoms with Crippen molar-refractivity contribution in [3.8, 4) is 0 Å². The van der Waals surface area contributed by atoms with Gasteiger partial charge in [-0.25, -0.2) is 0 Å². The molecule has 2 aliphatic rings. The van der Waals surface area contributed by atoms with Gasteiger partial charge in [-0.2, -0.15) is 0 Å². The van der Waals surface area contributed by atoms with E-state index in [1.807, 2.05) is 0 Å². The van der Waals surface area contributed by atoms with Crippen molar-refractivity contribution in [3.63, 3.8) is 0 Å². The number of ether oxygens (including phenoxy) is 1. The third kappa shape index (κ3) is 1.69. The maximum absolute atomic E-state index is 6.06. The molecule has 0 radical (unpaired) electrons. The van der Waals surface area contributed by atoms with Crippen LogP contribution in [-0.4, -0.2) is 6.61 Å². The second-order valence-corrected chi connectivity index (χ2v) is 5.06. The third-order valence-electron chi connectivity index (χ3n) is 3.95. The summed E-state index contributed by atoms with van der Waals surface area (Å²) in [5.41, 5.74) is 2.85. The van der Waals surface area contributed by atoms with Gasteiger partial charge in [0, 0.05) is 5.92 Å². The van der Waals surface area contributed by atoms with E-state index in [9.17, 15) is 0 Å². The monoisotopic (exact) mass is 214 g/mol. The van der Waals surface area contributed by atoms with Crippen molar-refractivity contribution in [3.05, 3.63) is 47.5 Å². The summed E-state index contributed by atoms with van der Waals surface area (Å²) in [6, 6.07) is 10.7. The van der Waals surface area contributed by atoms with Crippen LogP contribution in [0, 0.1) is 11.8 Å². The van der Waals surface area contributed by atoms with Gasteiger partial charge in [0.15, 0.2) is 0 Å². The Hall–Kier alpha value is -1.08. The fourth-order valence-corrected chi connectivity index (χ4v) is 2.97. The quantitative estimate of drug-likeness (QED) is 0.647. The summed E-state index contributed by atoms with van der Waals surface area (Å²) in [4.78, 5) is 0. The minimum Gasteiger partial charge on any atom is -0.373 e. The first-order chi connectivity index (χ1) is 7.84. The van der Waals surface area contributed by atoms with Crippen molar-refractivity contribution in [2.75, 3.05) is 6.61 Å². The van der Waals surface area contributed by atoms with Gasteiger partial charge in [0.2, 0.25) is 0 Å². The van der Waals surface area contributed by atoms with Gasteiger partial charge in [-0.3, -0.25) is 0 Å². The van der Waals surface area contributed by atoms with Crippen molar-refractivity contribution < 1.29 is 4.74 Å². The first-order valence-electron chi connectivity index (χ1n) is 6.18. The van der Waals surface area contributed by atoms with E-state index in [0.29, 0.717) is 5.92 Å². The summed E-state index contributed by atoms with van der Waals surface area (Å²) in [6.07, 6.45) is 5.22. The van der Waals surface area contributed by atoms with Gasteiger partial charge in [0.25, 0.3) is 0 Å². The molecular weight excluding hydrogens is 196 g/mol. The lowest BCUT2D eigenvalue weighted by Crippen LogP contribution is -2.32. The number of benzene rings is 1. The van der Waals surface area contributed by atoms with Gasteiger partial charge >= 0.3 is 0 Å². The summed E-state index contributed by atoms with van der Waals surface area (Å²) in [6.45, 7) is 3.19. The molecule has 16 heavy (non-hydrogen) atoms. The predicted octanol–water partition coefficient (Wildman–Crippen LogP) is 3.73. The Morgan fingerprint density at radius 1 is 1.19 bits per heavy atom. The van der Waals surface area contributed by atoms with Gasteiger partial charge in [-0.05, 0) is 31.2 Å². The Morgan fingerprint density at radius 3 is 2.81 bits per heavy atom. The highest BCUT2D eigenvalue weighted by atomic mass is 16.5. The van der Waals surface area contributed by atoms with E-state index >= 15 is 0 Å². The third-order valence-corrected chi connectivity index (χ3v) is 3.95. The molecule has 2 bridgehead atoms. The average molecular weight is 214 g/mol. The summed E-state index contributed by atoms with van der Waals surface area (Å²) < 4.78 is 6.06. The van der Waals surface area contributed by atoms with E-state index in [-0.39, 0.29) is 6.10 Å². The first-order valence-corrected chi connectivity index (χ1v) is 6.18. The fourth-order valence-electron chi connectivity index (χ4n) is 2.97. The molecule has 1 aromatic rings. The molecule has 0 amide bonds. The number of allylic oxidation sites excluding steroid dienone is 1. The normalized spacial score (nSPS) is 33.3. The second kappa shape index (κ2) is 4.06. The van der Waals surface area contributed by atoms with Gasteiger partial charge in [0.05, 0.1) is 12.7 Å². The molecule has 1 fully saturated rings. The Bertz CT molecular complexity index is 393. The number of rotatable bonds is 1. The maximum atomic E-state index is 6.06. The standard InChI is InChI=1S/C15H18O/c1-11-7-8-12-9-14(11)15(16-10-12)13-5-3-2-4-6-13/h2-7,12,14-15H,8-10H2,1H3/t12-,14-,15+/m0/s1. The zero-order valence-corrected chi connectivity index (χ0v) is 9.73. The van der Waals surface area contributed by atoms with E-state index < -0.39 is 0 Å². The molecule has 0 N–H and O–H groups in total. The topological polar surface area (TPSA) is 9.23 Å². The molecule has 1 aromatic carbocycles. The van der Waals surface area contributed by atoms with Crippen LogP contribution in [0.15, 0.2) is 42.0 Å². The van der Waals surface area contributed by atoms with Gasteiger partial charge in [-0.1, -0.05) is 42.0 Å². The smallest absolute Gasteiger partial charge is 0.0890 e. The molecule has 3 rings (SSSR count). The second-order valence-electron chi connectivity index (χ2n) is 5.06. The predicted molar refractivity (Wildman–Crippen MR) is 65.1 cm³/mol. The molecule has 1 nitrogen and oxygen atoms in total. The van der Waals surface area contributed by atoms with Crippen LogP contribution in [-0.2, 0) is 4.74 Å². The Kier molecular flexibility index (Phi) is 2.56. The summed E-state index contributed by atoms with van der Waals surface area (Å²) in [5, 5.41) is 0. The van der Waals surface area contributed by atoms with Crippen LogP contribution >= 0.6 is 0 Å². The van der Waals surface area contributed by atoms with Crippen molar-refractivity contribution >= 4 is 0 Å². The van der Waals surface area contributed by atoms with E-state index in [2.05, 4.69) is 43.3 Å². The van der Waals surface area contributed by atoms with Crippen LogP contribution in [0.5, 0.6) is 0 Å². The number of hydrogen-bond acceptors (Lipinski definition) is 1. The Morgan fingerprint density at radius 2 is 2.00 bits per heavy atom. The maximum Gasteiger partial charge on any atom is 0.0890 e. The highest BCUT2D eigenvalue weighted by Crippen LogP contribution is 2.43. The first kappa shape index (κ1) is 10.1. The minimum absolute atomic E-state index is 0.286. The Balaban J connectivity index is 1.91. The molecule has 1 heterocycles. The average Bonchev–Trinajstić information content (AvgIpc) is 2.36. The van der Waals surface area contributed by atoms with E-state index in [1.165, 1.54) is 24.0 Å². The van der Waals surface area contributed by atoms with Gasteiger partial charge in [0.1, 0.15) is 0 Å². The fraction of sp³-hybridized carbons (Fsp3) is 0.467. The SMILES string of the molecule is CC1=CC[C@@H]2CO[C@H](c3ccccc3)[C@H]1C2. The summed E-state index contributed by atoms with van der Waals surface area (Å²) >= 11 is 0. The van der Waals surface area contributed by atoms with Crippen molar-refractivity contribution in [1.29, 1.82) is 0 Å². The molecule has 0 spiro atoms. The van der Waals surface area contributed by atoms with Crippen LogP contribution in [0.3, 0.4) is 0 Å². The van der Waals surface area contributed by atoms with E-state index in [0.717, 1.165) is 12.5 Å². The van der Waals surface area contributed by atoms with Crippen molar-refractivity contribution in [1.82, 2.24) is 0 Å². The molecule has 1 heteroatoms. The van der Waals surface area contributed by atoms with Crippen LogP contribution in [0.4, 0.5) is 0 Å². The van der Waals surface area contributed by atoms with Crippen LogP contribution in [0.1, 0.15) is 31.4 Å². The summed E-state index contributed by atoms with van der Waals surface area (Å²) in [5.74, 6) is 1.36. The largest absolute Gasteiger partial charge is 0.373 e. The zero-order valence-electron chi connectivity index (χ0n) is 9.73. The van der Waals surface area contributed by atoms with E-state index in [4.69, 9.17) is 4.74 Å². The highest BCUT2D eigenvalue weighted by molar-refractivity contribution is 5.23. The molecule has 3 atom stereocenters. The summed E-state index contributed by atoms with van der Waals surface area (Å²) in [7, 11) is 0. The molecule has 0 unspecified atom stereocenters. The van der Waals surface area contributed by atoms with Crippen LogP contribution < -0.4 is 0 Å². The number of hydrogen-bond donors (Lipinski definition) is 0. The van der Waals surface area contributed by atoms with Crippen LogP contribution in [0.2, 0.25) is 0 Å². The molecular formula is C15H18O. The Labute approximate surface area is 97.1 Å². The van der Waals surface area contributed by atoms with E-state index in [1.54, 1.807) is 0 Å². The lowest BCUT2D eigenvalue weighted by molar-refractivity contribution is -0.0512. The van der Waals surface area contributed by atoms with Crippen molar-refractivity contribution in [2.45, 2.75) is 25.9 Å². The van der Waals surface area contributed by atoms with Gasteiger partial charge < -0.3 is 4.74 Å². The zero-order chi connectivity index (χ0) is 11.0. The lowest BCUT2D eigenvalue weighted by Gasteiger charge is -2.40. The molecule has 0 saturated carbocycles. The van der Waals surface area contributed by atoms with Crippen LogP contribution in [0.25, 0.3) is 0 Å². The molecule has 1 saturated heterocycles. The molecule has 0 aromatic heterocycles. The minimum atomic E-state index is 0.286. The van der Waals surface area contributed by atoms with Gasteiger partial charge in [-0.15, -0.1) is 0 Å². The molecule has 84 valence electrons. The highest BCUT2D eigenvalue weighted by Gasteiger charge is 2.35. The van der Waals surface area contributed by atoms with Crippen molar-refractivity contribution in [2.24, 2.45) is 11.8 Å².